The number of benzene rings is 1. The first-order chi connectivity index (χ1) is 9.11. The highest BCUT2D eigenvalue weighted by atomic mass is 35.5. The zero-order valence-corrected chi connectivity index (χ0v) is 12.1. The van der Waals surface area contributed by atoms with Crippen molar-refractivity contribution < 1.29 is 4.79 Å². The van der Waals surface area contributed by atoms with Crippen molar-refractivity contribution in [3.05, 3.63) is 52.0 Å². The third-order valence-corrected chi connectivity index (χ3v) is 3.23. The van der Waals surface area contributed by atoms with Crippen molar-refractivity contribution in [2.45, 2.75) is 26.3 Å². The molecule has 0 bridgehead atoms. The maximum absolute atomic E-state index is 12.4. The number of carbonyl (C=O) groups excluding carboxylic acids is 1. The predicted molar refractivity (Wildman–Crippen MR) is 77.0 cm³/mol. The molecule has 0 N–H and O–H groups in total. The van der Waals surface area contributed by atoms with Gasteiger partial charge in [0.15, 0.2) is 5.82 Å². The summed E-state index contributed by atoms with van der Waals surface area (Å²) in [5, 5.41) is 0.894. The summed E-state index contributed by atoms with van der Waals surface area (Å²) in [7, 11) is 0. The Labute approximate surface area is 122 Å². The Morgan fingerprint density at radius 1 is 1.26 bits per heavy atom. The van der Waals surface area contributed by atoms with E-state index in [-0.39, 0.29) is 5.78 Å². The summed E-state index contributed by atoms with van der Waals surface area (Å²) in [5.41, 5.74) is 0.460. The number of ketones is 1. The fourth-order valence-electron chi connectivity index (χ4n) is 1.84. The Balaban J connectivity index is 2.31. The minimum atomic E-state index is -0.162. The van der Waals surface area contributed by atoms with Gasteiger partial charge in [0.05, 0.1) is 0 Å². The second kappa shape index (κ2) is 6.22. The number of aryl methyl sites for hydroxylation is 1. The molecule has 0 aliphatic rings. The Kier molecular flexibility index (Phi) is 4.61. The molecule has 0 spiro atoms. The maximum Gasteiger partial charge on any atom is 0.228 e. The monoisotopic (exact) mass is 296 g/mol. The van der Waals surface area contributed by atoms with Gasteiger partial charge in [-0.1, -0.05) is 36.5 Å². The molecule has 0 saturated carbocycles. The van der Waals surface area contributed by atoms with Crippen LogP contribution in [0.1, 0.15) is 35.9 Å². The van der Waals surface area contributed by atoms with E-state index in [9.17, 15) is 4.79 Å². The summed E-state index contributed by atoms with van der Waals surface area (Å²) < 4.78 is 1.86. The molecular weight excluding hydrogens is 283 g/mol. The van der Waals surface area contributed by atoms with E-state index in [2.05, 4.69) is 11.9 Å². The normalized spacial score (nSPS) is 10.7. The van der Waals surface area contributed by atoms with E-state index < -0.39 is 0 Å². The van der Waals surface area contributed by atoms with Crippen LogP contribution in [0.2, 0.25) is 10.0 Å². The number of hydrogen-bond donors (Lipinski definition) is 0. The van der Waals surface area contributed by atoms with Crippen LogP contribution in [0.5, 0.6) is 0 Å². The fourth-order valence-corrected chi connectivity index (χ4v) is 2.37. The average molecular weight is 297 g/mol. The van der Waals surface area contributed by atoms with Crippen molar-refractivity contribution in [2.75, 3.05) is 0 Å². The number of aromatic nitrogens is 2. The standard InChI is InChI=1S/C14H14Cl2N2O/c1-2-3-5-18-6-4-17-14(18)13(19)10-7-11(15)9-12(16)8-10/h4,6-9H,2-3,5H2,1H3. The second-order valence-corrected chi connectivity index (χ2v) is 5.16. The second-order valence-electron chi connectivity index (χ2n) is 4.29. The number of hydrogen-bond acceptors (Lipinski definition) is 2. The summed E-state index contributed by atoms with van der Waals surface area (Å²) in [6, 6.07) is 4.81. The fraction of sp³-hybridized carbons (Fsp3) is 0.286. The Bertz CT molecular complexity index is 573. The van der Waals surface area contributed by atoms with Crippen LogP contribution in [0.25, 0.3) is 0 Å². The van der Waals surface area contributed by atoms with Crippen molar-refractivity contribution in [2.24, 2.45) is 0 Å². The first kappa shape index (κ1) is 14.1. The quantitative estimate of drug-likeness (QED) is 0.774. The van der Waals surface area contributed by atoms with Gasteiger partial charge in [-0.25, -0.2) is 4.98 Å². The molecule has 3 nitrogen and oxygen atoms in total. The number of unbranched alkanes of at least 4 members (excludes halogenated alkanes) is 1. The lowest BCUT2D eigenvalue weighted by Crippen LogP contribution is -2.11. The van der Waals surface area contributed by atoms with E-state index in [0.29, 0.717) is 21.4 Å². The lowest BCUT2D eigenvalue weighted by atomic mass is 10.1. The molecule has 2 rings (SSSR count). The van der Waals surface area contributed by atoms with Gasteiger partial charge in [-0.05, 0) is 24.6 Å². The van der Waals surface area contributed by atoms with Crippen molar-refractivity contribution in [1.82, 2.24) is 9.55 Å². The lowest BCUT2D eigenvalue weighted by Gasteiger charge is -2.06. The highest BCUT2D eigenvalue weighted by Gasteiger charge is 2.16. The molecule has 0 saturated heterocycles. The lowest BCUT2D eigenvalue weighted by molar-refractivity contribution is 0.102. The molecule has 1 heterocycles. The van der Waals surface area contributed by atoms with Crippen LogP contribution in [0.4, 0.5) is 0 Å². The van der Waals surface area contributed by atoms with E-state index in [4.69, 9.17) is 23.2 Å². The van der Waals surface area contributed by atoms with Gasteiger partial charge in [-0.2, -0.15) is 0 Å². The molecule has 0 amide bonds. The summed E-state index contributed by atoms with van der Waals surface area (Å²) in [6.45, 7) is 2.89. The van der Waals surface area contributed by atoms with Crippen molar-refractivity contribution >= 4 is 29.0 Å². The smallest absolute Gasteiger partial charge is 0.228 e. The van der Waals surface area contributed by atoms with Gasteiger partial charge in [0, 0.05) is 34.5 Å². The first-order valence-corrected chi connectivity index (χ1v) is 6.89. The van der Waals surface area contributed by atoms with E-state index in [0.717, 1.165) is 19.4 Å². The largest absolute Gasteiger partial charge is 0.328 e. The topological polar surface area (TPSA) is 34.9 Å². The molecule has 0 unspecified atom stereocenters. The number of imidazole rings is 1. The third kappa shape index (κ3) is 3.37. The molecule has 2 aromatic rings. The number of rotatable bonds is 5. The molecule has 100 valence electrons. The Morgan fingerprint density at radius 2 is 1.95 bits per heavy atom. The minimum Gasteiger partial charge on any atom is -0.328 e. The SMILES string of the molecule is CCCCn1ccnc1C(=O)c1cc(Cl)cc(Cl)c1. The van der Waals surface area contributed by atoms with Gasteiger partial charge in [0.2, 0.25) is 5.78 Å². The molecule has 1 aromatic carbocycles. The Hall–Kier alpha value is -1.32. The van der Waals surface area contributed by atoms with Gasteiger partial charge in [0.25, 0.3) is 0 Å². The zero-order valence-electron chi connectivity index (χ0n) is 10.6. The zero-order chi connectivity index (χ0) is 13.8. The van der Waals surface area contributed by atoms with Crippen LogP contribution in [-0.2, 0) is 6.54 Å². The van der Waals surface area contributed by atoms with Crippen LogP contribution in [0.3, 0.4) is 0 Å². The average Bonchev–Trinajstić information content (AvgIpc) is 2.82. The van der Waals surface area contributed by atoms with Gasteiger partial charge >= 0.3 is 0 Å². The van der Waals surface area contributed by atoms with Crippen molar-refractivity contribution in [3.63, 3.8) is 0 Å². The van der Waals surface area contributed by atoms with E-state index >= 15 is 0 Å². The van der Waals surface area contributed by atoms with Crippen LogP contribution < -0.4 is 0 Å². The summed E-state index contributed by atoms with van der Waals surface area (Å²) in [4.78, 5) is 16.5. The van der Waals surface area contributed by atoms with Crippen molar-refractivity contribution in [3.8, 4) is 0 Å². The maximum atomic E-state index is 12.4. The molecule has 1 aromatic heterocycles. The van der Waals surface area contributed by atoms with Gasteiger partial charge in [0.1, 0.15) is 0 Å². The predicted octanol–water partition coefficient (Wildman–Crippen LogP) is 4.22. The summed E-state index contributed by atoms with van der Waals surface area (Å²) in [5.74, 6) is 0.261. The Morgan fingerprint density at radius 3 is 2.58 bits per heavy atom. The molecule has 0 fully saturated rings. The molecule has 0 aliphatic heterocycles. The van der Waals surface area contributed by atoms with E-state index in [1.807, 2.05) is 10.8 Å². The van der Waals surface area contributed by atoms with Crippen LogP contribution >= 0.6 is 23.2 Å². The third-order valence-electron chi connectivity index (χ3n) is 2.80. The molecule has 5 heteroatoms. The molecule has 0 aliphatic carbocycles. The first-order valence-electron chi connectivity index (χ1n) is 6.13. The van der Waals surface area contributed by atoms with E-state index in [1.165, 1.54) is 0 Å². The summed E-state index contributed by atoms with van der Waals surface area (Å²) >= 11 is 11.8. The summed E-state index contributed by atoms with van der Waals surface area (Å²) in [6.07, 6.45) is 5.52. The molecule has 19 heavy (non-hydrogen) atoms. The van der Waals surface area contributed by atoms with Crippen LogP contribution in [-0.4, -0.2) is 15.3 Å². The number of nitrogens with zero attached hydrogens (tertiary/aromatic N) is 2. The minimum absolute atomic E-state index is 0.162. The highest BCUT2D eigenvalue weighted by Crippen LogP contribution is 2.21. The number of halogens is 2. The molecule has 0 atom stereocenters. The number of carbonyl (C=O) groups is 1. The van der Waals surface area contributed by atoms with E-state index in [1.54, 1.807) is 24.4 Å². The van der Waals surface area contributed by atoms with Gasteiger partial charge in [-0.3, -0.25) is 4.79 Å². The molecular formula is C14H14Cl2N2O. The highest BCUT2D eigenvalue weighted by molar-refractivity contribution is 6.35. The van der Waals surface area contributed by atoms with Crippen LogP contribution in [0.15, 0.2) is 30.6 Å². The molecule has 0 radical (unpaired) electrons. The van der Waals surface area contributed by atoms with Crippen LogP contribution in [0, 0.1) is 0 Å². The van der Waals surface area contributed by atoms with Crippen molar-refractivity contribution in [1.29, 1.82) is 0 Å². The van der Waals surface area contributed by atoms with Gasteiger partial charge < -0.3 is 4.57 Å². The van der Waals surface area contributed by atoms with Gasteiger partial charge in [-0.15, -0.1) is 0 Å².